The molecule has 0 aliphatic rings. The summed E-state index contributed by atoms with van der Waals surface area (Å²) >= 11 is 11.0. The van der Waals surface area contributed by atoms with Crippen molar-refractivity contribution in [3.63, 3.8) is 0 Å². The molecule has 0 radical (unpaired) electrons. The fourth-order valence-corrected chi connectivity index (χ4v) is 3.11. The van der Waals surface area contributed by atoms with Gasteiger partial charge in [-0.15, -0.1) is 11.3 Å². The molecule has 0 bridgehead atoms. The molecule has 2 aromatic rings. The Bertz CT molecular complexity index is 592. The molecule has 0 saturated heterocycles. The second-order valence-corrected chi connectivity index (χ2v) is 5.80. The molecule has 2 rings (SSSR count). The lowest BCUT2D eigenvalue weighted by Gasteiger charge is -2.06. The quantitative estimate of drug-likeness (QED) is 0.652. The van der Waals surface area contributed by atoms with Crippen LogP contribution in [0.25, 0.3) is 0 Å². The zero-order valence-corrected chi connectivity index (χ0v) is 13.4. The summed E-state index contributed by atoms with van der Waals surface area (Å²) in [6.45, 7) is 1.94. The van der Waals surface area contributed by atoms with Crippen LogP contribution >= 0.6 is 38.9 Å². The summed E-state index contributed by atoms with van der Waals surface area (Å²) in [6.07, 6.45) is 1.67. The third-order valence-corrected chi connectivity index (χ3v) is 3.95. The summed E-state index contributed by atoms with van der Waals surface area (Å²) in [6, 6.07) is 3.66. The molecule has 0 spiro atoms. The van der Waals surface area contributed by atoms with E-state index in [0.29, 0.717) is 10.8 Å². The lowest BCUT2D eigenvalue weighted by molar-refractivity contribution is 0.412. The van der Waals surface area contributed by atoms with Crippen LogP contribution < -0.4 is 10.2 Å². The average molecular weight is 361 g/mol. The van der Waals surface area contributed by atoms with Gasteiger partial charge in [-0.25, -0.2) is 4.98 Å². The van der Waals surface area contributed by atoms with Crippen molar-refractivity contribution >= 4 is 50.2 Å². The first-order valence-electron chi connectivity index (χ1n) is 5.34. The van der Waals surface area contributed by atoms with Crippen molar-refractivity contribution in [3.8, 4) is 5.75 Å². The van der Waals surface area contributed by atoms with Gasteiger partial charge >= 0.3 is 0 Å². The molecule has 19 heavy (non-hydrogen) atoms. The molecule has 0 fully saturated rings. The number of aryl methyl sites for hydroxylation is 1. The third kappa shape index (κ3) is 3.68. The number of hydrazone groups is 1. The first kappa shape index (κ1) is 14.3. The van der Waals surface area contributed by atoms with Crippen molar-refractivity contribution in [2.45, 2.75) is 6.92 Å². The number of hydrogen-bond acceptors (Lipinski definition) is 5. The summed E-state index contributed by atoms with van der Waals surface area (Å²) in [5.41, 5.74) is 4.70. The minimum Gasteiger partial charge on any atom is -0.494 e. The Kier molecular flexibility index (Phi) is 4.79. The number of aromatic nitrogens is 1. The Hall–Kier alpha value is -1.11. The summed E-state index contributed by atoms with van der Waals surface area (Å²) in [5, 5.41) is 7.36. The summed E-state index contributed by atoms with van der Waals surface area (Å²) in [7, 11) is 1.58. The molecule has 1 aromatic heterocycles. The van der Waals surface area contributed by atoms with Crippen molar-refractivity contribution in [2.75, 3.05) is 12.5 Å². The van der Waals surface area contributed by atoms with Gasteiger partial charge in [0.05, 0.1) is 28.5 Å². The Morgan fingerprint density at radius 1 is 1.53 bits per heavy atom. The van der Waals surface area contributed by atoms with Crippen molar-refractivity contribution in [1.29, 1.82) is 0 Å². The molecule has 0 aliphatic carbocycles. The van der Waals surface area contributed by atoms with Gasteiger partial charge in [0.1, 0.15) is 0 Å². The van der Waals surface area contributed by atoms with Crippen molar-refractivity contribution < 1.29 is 4.74 Å². The van der Waals surface area contributed by atoms with Gasteiger partial charge in [-0.2, -0.15) is 5.10 Å². The van der Waals surface area contributed by atoms with Crippen molar-refractivity contribution in [1.82, 2.24) is 4.98 Å². The highest BCUT2D eigenvalue weighted by Crippen LogP contribution is 2.33. The number of halogens is 2. The van der Waals surface area contributed by atoms with Gasteiger partial charge in [-0.3, -0.25) is 5.43 Å². The van der Waals surface area contributed by atoms with Crippen LogP contribution in [0.15, 0.2) is 27.1 Å². The van der Waals surface area contributed by atoms with E-state index in [2.05, 4.69) is 31.4 Å². The zero-order valence-electron chi connectivity index (χ0n) is 10.3. The maximum Gasteiger partial charge on any atom is 0.203 e. The van der Waals surface area contributed by atoms with Crippen LogP contribution in [0.4, 0.5) is 5.13 Å². The number of thiazole rings is 1. The van der Waals surface area contributed by atoms with E-state index < -0.39 is 0 Å². The lowest BCUT2D eigenvalue weighted by Crippen LogP contribution is -1.92. The van der Waals surface area contributed by atoms with E-state index >= 15 is 0 Å². The summed E-state index contributed by atoms with van der Waals surface area (Å²) in [5.74, 6) is 0.613. The first-order valence-corrected chi connectivity index (χ1v) is 7.39. The maximum absolute atomic E-state index is 6.09. The molecular formula is C12H11BrClN3OS. The first-order chi connectivity index (χ1) is 9.10. The van der Waals surface area contributed by atoms with Gasteiger partial charge in [0.2, 0.25) is 5.13 Å². The van der Waals surface area contributed by atoms with Crippen LogP contribution in [0.3, 0.4) is 0 Å². The highest BCUT2D eigenvalue weighted by Gasteiger charge is 2.06. The molecule has 0 aliphatic heterocycles. The van der Waals surface area contributed by atoms with E-state index in [-0.39, 0.29) is 0 Å². The lowest BCUT2D eigenvalue weighted by atomic mass is 10.2. The Morgan fingerprint density at radius 3 is 2.89 bits per heavy atom. The predicted octanol–water partition coefficient (Wildman–Crippen LogP) is 4.32. The number of hydrogen-bond donors (Lipinski definition) is 1. The molecule has 0 atom stereocenters. The molecule has 0 unspecified atom stereocenters. The number of benzene rings is 1. The second-order valence-electron chi connectivity index (χ2n) is 3.68. The van der Waals surface area contributed by atoms with Crippen LogP contribution in [0, 0.1) is 6.92 Å². The highest BCUT2D eigenvalue weighted by molar-refractivity contribution is 9.10. The smallest absolute Gasteiger partial charge is 0.203 e. The van der Waals surface area contributed by atoms with E-state index in [1.165, 1.54) is 11.3 Å². The number of nitrogens with zero attached hydrogens (tertiary/aromatic N) is 2. The van der Waals surface area contributed by atoms with Gasteiger partial charge in [0.15, 0.2) is 5.75 Å². The van der Waals surface area contributed by atoms with Crippen LogP contribution in [0.5, 0.6) is 5.75 Å². The molecule has 0 amide bonds. The molecular weight excluding hydrogens is 350 g/mol. The number of anilines is 1. The minimum absolute atomic E-state index is 0.531. The average Bonchev–Trinajstić information content (AvgIpc) is 2.75. The highest BCUT2D eigenvalue weighted by atomic mass is 79.9. The Balaban J connectivity index is 2.11. The maximum atomic E-state index is 6.09. The fourth-order valence-electron chi connectivity index (χ4n) is 1.42. The van der Waals surface area contributed by atoms with Gasteiger partial charge in [-0.05, 0) is 40.5 Å². The normalized spacial score (nSPS) is 10.9. The number of rotatable bonds is 4. The van der Waals surface area contributed by atoms with Crippen LogP contribution in [-0.2, 0) is 0 Å². The monoisotopic (exact) mass is 359 g/mol. The summed E-state index contributed by atoms with van der Waals surface area (Å²) in [4.78, 5) is 4.24. The van der Waals surface area contributed by atoms with Gasteiger partial charge in [-0.1, -0.05) is 11.6 Å². The molecule has 1 heterocycles. The van der Waals surface area contributed by atoms with Crippen LogP contribution in [-0.4, -0.2) is 18.3 Å². The Morgan fingerprint density at radius 2 is 2.32 bits per heavy atom. The largest absolute Gasteiger partial charge is 0.494 e. The summed E-state index contributed by atoms with van der Waals surface area (Å²) < 4.78 is 5.95. The van der Waals surface area contributed by atoms with Crippen LogP contribution in [0.2, 0.25) is 5.02 Å². The van der Waals surface area contributed by atoms with Crippen molar-refractivity contribution in [3.05, 3.63) is 38.3 Å². The van der Waals surface area contributed by atoms with E-state index in [1.54, 1.807) is 19.4 Å². The molecule has 1 aromatic carbocycles. The minimum atomic E-state index is 0.531. The molecule has 100 valence electrons. The zero-order chi connectivity index (χ0) is 13.8. The Labute approximate surface area is 128 Å². The molecule has 0 saturated carbocycles. The predicted molar refractivity (Wildman–Crippen MR) is 83.8 cm³/mol. The topological polar surface area (TPSA) is 46.5 Å². The third-order valence-electron chi connectivity index (χ3n) is 2.22. The molecule has 1 N–H and O–H groups in total. The molecule has 7 heteroatoms. The second kappa shape index (κ2) is 6.36. The van der Waals surface area contributed by atoms with Gasteiger partial charge in [0.25, 0.3) is 0 Å². The van der Waals surface area contributed by atoms with E-state index in [1.807, 2.05) is 18.4 Å². The standard InChI is InChI=1S/C12H11BrClN3OS/c1-7-6-19-12(16-7)17-15-5-8-3-9(13)11(18-2)10(14)4-8/h3-6H,1-2H3,(H,16,17). The van der Waals surface area contributed by atoms with Gasteiger partial charge < -0.3 is 4.74 Å². The van der Waals surface area contributed by atoms with E-state index in [4.69, 9.17) is 16.3 Å². The number of ether oxygens (including phenoxy) is 1. The fraction of sp³-hybridized carbons (Fsp3) is 0.167. The molecule has 4 nitrogen and oxygen atoms in total. The van der Waals surface area contributed by atoms with E-state index in [9.17, 15) is 0 Å². The van der Waals surface area contributed by atoms with E-state index in [0.717, 1.165) is 20.9 Å². The van der Waals surface area contributed by atoms with Crippen LogP contribution in [0.1, 0.15) is 11.3 Å². The number of nitrogens with one attached hydrogen (secondary N) is 1. The SMILES string of the molecule is COc1c(Cl)cc(C=NNc2nc(C)cs2)cc1Br. The van der Waals surface area contributed by atoms with Gasteiger partial charge in [0, 0.05) is 5.38 Å². The number of methoxy groups -OCH3 is 1. The van der Waals surface area contributed by atoms with Crippen molar-refractivity contribution in [2.24, 2.45) is 5.10 Å².